The summed E-state index contributed by atoms with van der Waals surface area (Å²) in [7, 11) is 0. The highest BCUT2D eigenvalue weighted by molar-refractivity contribution is 7.03. The van der Waals surface area contributed by atoms with Gasteiger partial charge in [-0.05, 0) is 11.5 Å². The molecule has 0 bridgehead atoms. The number of hydrogen-bond donors (Lipinski definition) is 0. The fourth-order valence-electron chi connectivity index (χ4n) is 0.828. The topological polar surface area (TPSA) is 47.9 Å². The summed E-state index contributed by atoms with van der Waals surface area (Å²) in [5.41, 5.74) is 0.814. The normalized spacial score (nSPS) is 9.85. The third-order valence-corrected chi connectivity index (χ3v) is 1.98. The van der Waals surface area contributed by atoms with Gasteiger partial charge in [0.05, 0.1) is 23.5 Å². The number of hydrogen-bond acceptors (Lipinski definition) is 5. The van der Waals surface area contributed by atoms with Gasteiger partial charge in [-0.3, -0.25) is 9.97 Å². The minimum atomic E-state index is 0.437. The van der Waals surface area contributed by atoms with Crippen LogP contribution in [0.15, 0.2) is 30.2 Å². The zero-order valence-corrected chi connectivity index (χ0v) is 7.57. The maximum absolute atomic E-state index is 5.38. The minimum absolute atomic E-state index is 0.437. The second-order valence-corrected chi connectivity index (χ2v) is 3.00. The molecule has 66 valence electrons. The lowest BCUT2D eigenvalue weighted by Gasteiger charge is -2.00. The van der Waals surface area contributed by atoms with Crippen molar-refractivity contribution in [3.63, 3.8) is 0 Å². The van der Waals surface area contributed by atoms with Gasteiger partial charge < -0.3 is 4.74 Å². The van der Waals surface area contributed by atoms with E-state index in [0.717, 1.165) is 11.4 Å². The molecule has 2 aromatic heterocycles. The number of aromatic nitrogens is 3. The van der Waals surface area contributed by atoms with E-state index in [4.69, 9.17) is 4.74 Å². The molecule has 0 aliphatic heterocycles. The Bertz CT molecular complexity index is 349. The Morgan fingerprint density at radius 1 is 1.31 bits per heavy atom. The van der Waals surface area contributed by atoms with Crippen molar-refractivity contribution < 1.29 is 4.74 Å². The first-order valence-corrected chi connectivity index (χ1v) is 4.56. The predicted molar refractivity (Wildman–Crippen MR) is 48.5 cm³/mol. The van der Waals surface area contributed by atoms with E-state index < -0.39 is 0 Å². The molecule has 0 aliphatic carbocycles. The maximum atomic E-state index is 5.38. The quantitative estimate of drug-likeness (QED) is 0.741. The van der Waals surface area contributed by atoms with Crippen LogP contribution in [0.4, 0.5) is 0 Å². The third kappa shape index (κ3) is 2.22. The molecule has 0 aromatic carbocycles. The van der Waals surface area contributed by atoms with Crippen molar-refractivity contribution in [2.24, 2.45) is 0 Å². The van der Waals surface area contributed by atoms with Crippen LogP contribution in [-0.4, -0.2) is 14.3 Å². The molecule has 2 aromatic rings. The van der Waals surface area contributed by atoms with Crippen LogP contribution in [-0.2, 0) is 6.61 Å². The summed E-state index contributed by atoms with van der Waals surface area (Å²) >= 11 is 1.36. The van der Waals surface area contributed by atoms with Crippen LogP contribution < -0.4 is 4.74 Å². The predicted octanol–water partition coefficient (Wildman–Crippen LogP) is 1.51. The number of ether oxygens (including phenoxy) is 1. The summed E-state index contributed by atoms with van der Waals surface area (Å²) in [5, 5.41) is 1.84. The lowest BCUT2D eigenvalue weighted by molar-refractivity contribution is 0.301. The largest absolute Gasteiger partial charge is 0.485 e. The first-order chi connectivity index (χ1) is 6.45. The van der Waals surface area contributed by atoms with E-state index in [1.54, 1.807) is 24.8 Å². The Hall–Kier alpha value is -1.49. The molecule has 0 radical (unpaired) electrons. The summed E-state index contributed by atoms with van der Waals surface area (Å²) in [6, 6.07) is 0. The van der Waals surface area contributed by atoms with E-state index >= 15 is 0 Å². The summed E-state index contributed by atoms with van der Waals surface area (Å²) in [5.74, 6) is 0.774. The second-order valence-electron chi connectivity index (χ2n) is 2.35. The molecule has 5 heteroatoms. The Labute approximate surface area is 79.4 Å². The molecule has 0 aliphatic rings. The van der Waals surface area contributed by atoms with Gasteiger partial charge in [-0.25, -0.2) is 0 Å². The van der Waals surface area contributed by atoms with Crippen LogP contribution in [0.5, 0.6) is 5.75 Å². The molecule has 0 fully saturated rings. The van der Waals surface area contributed by atoms with Crippen LogP contribution >= 0.6 is 11.5 Å². The van der Waals surface area contributed by atoms with Crippen molar-refractivity contribution in [3.05, 3.63) is 35.9 Å². The van der Waals surface area contributed by atoms with E-state index in [0.29, 0.717) is 6.61 Å². The van der Waals surface area contributed by atoms with Crippen molar-refractivity contribution in [2.75, 3.05) is 0 Å². The molecule has 0 unspecified atom stereocenters. The Kier molecular flexibility index (Phi) is 2.47. The number of nitrogens with zero attached hydrogens (tertiary/aromatic N) is 3. The first-order valence-electron chi connectivity index (χ1n) is 3.72. The lowest BCUT2D eigenvalue weighted by atomic mass is 10.5. The lowest BCUT2D eigenvalue weighted by Crippen LogP contribution is -1.97. The van der Waals surface area contributed by atoms with Gasteiger partial charge in [0, 0.05) is 12.4 Å². The molecule has 0 saturated heterocycles. The van der Waals surface area contributed by atoms with E-state index in [2.05, 4.69) is 14.3 Å². The summed E-state index contributed by atoms with van der Waals surface area (Å²) < 4.78 is 9.29. The van der Waals surface area contributed by atoms with Gasteiger partial charge in [-0.2, -0.15) is 4.37 Å². The monoisotopic (exact) mass is 193 g/mol. The van der Waals surface area contributed by atoms with Gasteiger partial charge in [0.15, 0.2) is 5.75 Å². The third-order valence-electron chi connectivity index (χ3n) is 1.41. The van der Waals surface area contributed by atoms with Gasteiger partial charge in [-0.15, -0.1) is 0 Å². The summed E-state index contributed by atoms with van der Waals surface area (Å²) in [6.45, 7) is 0.437. The number of rotatable bonds is 3. The first kappa shape index (κ1) is 8.12. The van der Waals surface area contributed by atoms with Crippen molar-refractivity contribution in [1.82, 2.24) is 14.3 Å². The van der Waals surface area contributed by atoms with Gasteiger partial charge >= 0.3 is 0 Å². The van der Waals surface area contributed by atoms with Crippen molar-refractivity contribution in [1.29, 1.82) is 0 Å². The van der Waals surface area contributed by atoms with Crippen LogP contribution in [0.2, 0.25) is 0 Å². The van der Waals surface area contributed by atoms with Gasteiger partial charge in [0.25, 0.3) is 0 Å². The highest BCUT2D eigenvalue weighted by atomic mass is 32.1. The molecule has 4 nitrogen and oxygen atoms in total. The molecule has 0 amide bonds. The Morgan fingerprint density at radius 2 is 2.31 bits per heavy atom. The average molecular weight is 193 g/mol. The van der Waals surface area contributed by atoms with Crippen LogP contribution in [0.3, 0.4) is 0 Å². The minimum Gasteiger partial charge on any atom is -0.485 e. The van der Waals surface area contributed by atoms with Gasteiger partial charge in [0.1, 0.15) is 6.61 Å². The molecular weight excluding hydrogens is 186 g/mol. The second kappa shape index (κ2) is 3.95. The van der Waals surface area contributed by atoms with Gasteiger partial charge in [-0.1, -0.05) is 0 Å². The smallest absolute Gasteiger partial charge is 0.150 e. The Morgan fingerprint density at radius 3 is 3.00 bits per heavy atom. The molecule has 2 rings (SSSR count). The van der Waals surface area contributed by atoms with Crippen molar-refractivity contribution >= 4 is 11.5 Å². The average Bonchev–Trinajstić information content (AvgIpc) is 2.69. The van der Waals surface area contributed by atoms with Crippen LogP contribution in [0, 0.1) is 0 Å². The highest BCUT2D eigenvalue weighted by Gasteiger charge is 1.96. The van der Waals surface area contributed by atoms with Crippen LogP contribution in [0.25, 0.3) is 0 Å². The molecule has 13 heavy (non-hydrogen) atoms. The standard InChI is InChI=1S/C8H7N3OS/c1-2-10-7(3-9-1)5-12-8-4-11-13-6-8/h1-4,6H,5H2. The molecule has 0 spiro atoms. The van der Waals surface area contributed by atoms with Crippen molar-refractivity contribution in [3.8, 4) is 5.75 Å². The molecule has 0 N–H and O–H groups in total. The van der Waals surface area contributed by atoms with E-state index in [-0.39, 0.29) is 0 Å². The van der Waals surface area contributed by atoms with Crippen molar-refractivity contribution in [2.45, 2.75) is 6.61 Å². The maximum Gasteiger partial charge on any atom is 0.150 e. The summed E-state index contributed by atoms with van der Waals surface area (Å²) in [4.78, 5) is 8.00. The van der Waals surface area contributed by atoms with Gasteiger partial charge in [0.2, 0.25) is 0 Å². The van der Waals surface area contributed by atoms with E-state index in [9.17, 15) is 0 Å². The summed E-state index contributed by atoms with van der Waals surface area (Å²) in [6.07, 6.45) is 6.64. The molecular formula is C8H7N3OS. The molecule has 2 heterocycles. The van der Waals surface area contributed by atoms with Crippen LogP contribution in [0.1, 0.15) is 5.69 Å². The molecule has 0 saturated carbocycles. The zero-order valence-electron chi connectivity index (χ0n) is 6.75. The van der Waals surface area contributed by atoms with E-state index in [1.165, 1.54) is 11.5 Å². The fourth-order valence-corrected chi connectivity index (χ4v) is 1.29. The highest BCUT2D eigenvalue weighted by Crippen LogP contribution is 2.12. The zero-order chi connectivity index (χ0) is 8.93. The molecule has 0 atom stereocenters. The SMILES string of the molecule is c1cnc(COc2cnsc2)cn1. The van der Waals surface area contributed by atoms with E-state index in [1.807, 2.05) is 5.38 Å². The Balaban J connectivity index is 1.94. The fraction of sp³-hybridized carbons (Fsp3) is 0.125.